The number of aromatic nitrogens is 2. The van der Waals surface area contributed by atoms with E-state index in [0.717, 1.165) is 43.9 Å². The topological polar surface area (TPSA) is 58.2 Å². The molecular formula is C26H22BrN3O2. The average Bonchev–Trinajstić information content (AvgIpc) is 3.35. The second kappa shape index (κ2) is 8.28. The highest BCUT2D eigenvalue weighted by Gasteiger charge is 2.43. The third-order valence-electron chi connectivity index (χ3n) is 5.70. The summed E-state index contributed by atoms with van der Waals surface area (Å²) in [4.78, 5) is 15.4. The number of ether oxygens (including phenoxy) is 1. The molecule has 32 heavy (non-hydrogen) atoms. The molecule has 1 aliphatic heterocycles. The smallest absolute Gasteiger partial charge is 0.277 e. The first-order valence-electron chi connectivity index (χ1n) is 10.5. The molecule has 5 nitrogen and oxygen atoms in total. The number of aromatic amines is 1. The lowest BCUT2D eigenvalue weighted by atomic mass is 9.95. The first-order chi connectivity index (χ1) is 15.6. The highest BCUT2D eigenvalue weighted by Crippen LogP contribution is 2.45. The Labute approximate surface area is 195 Å². The van der Waals surface area contributed by atoms with Crippen molar-refractivity contribution in [3.8, 4) is 17.0 Å². The lowest BCUT2D eigenvalue weighted by Crippen LogP contribution is -2.29. The summed E-state index contributed by atoms with van der Waals surface area (Å²) < 4.78 is 6.62. The van der Waals surface area contributed by atoms with E-state index in [-0.39, 0.29) is 11.9 Å². The minimum atomic E-state index is -0.298. The van der Waals surface area contributed by atoms with Gasteiger partial charge in [0.2, 0.25) is 0 Å². The van der Waals surface area contributed by atoms with Gasteiger partial charge >= 0.3 is 0 Å². The number of nitrogens with one attached hydrogen (secondary N) is 1. The zero-order valence-electron chi connectivity index (χ0n) is 17.8. The molecule has 0 fully saturated rings. The van der Waals surface area contributed by atoms with Gasteiger partial charge in [0, 0.05) is 21.3 Å². The van der Waals surface area contributed by atoms with Gasteiger partial charge in [-0.3, -0.25) is 14.8 Å². The minimum absolute atomic E-state index is 0.0846. The summed E-state index contributed by atoms with van der Waals surface area (Å²) in [5, 5.41) is 7.55. The number of carbonyl (C=O) groups excluding carboxylic acids is 1. The van der Waals surface area contributed by atoms with E-state index in [1.165, 1.54) is 0 Å². The van der Waals surface area contributed by atoms with Gasteiger partial charge in [-0.2, -0.15) is 5.10 Å². The number of aryl methyl sites for hydroxylation is 1. The van der Waals surface area contributed by atoms with Gasteiger partial charge in [0.1, 0.15) is 11.4 Å². The van der Waals surface area contributed by atoms with Crippen molar-refractivity contribution < 1.29 is 9.53 Å². The lowest BCUT2D eigenvalue weighted by molar-refractivity contribution is 0.0989. The van der Waals surface area contributed by atoms with Crippen LogP contribution >= 0.6 is 15.9 Å². The van der Waals surface area contributed by atoms with Crippen molar-refractivity contribution in [1.29, 1.82) is 0 Å². The number of H-pyrrole nitrogens is 1. The Kier molecular flexibility index (Phi) is 5.31. The fourth-order valence-electron chi connectivity index (χ4n) is 4.17. The zero-order valence-corrected chi connectivity index (χ0v) is 19.4. The predicted molar refractivity (Wildman–Crippen MR) is 129 cm³/mol. The summed E-state index contributed by atoms with van der Waals surface area (Å²) in [7, 11) is 0. The third kappa shape index (κ3) is 3.50. The molecule has 1 aliphatic rings. The molecule has 4 aromatic rings. The van der Waals surface area contributed by atoms with Crippen LogP contribution in [0.25, 0.3) is 11.3 Å². The van der Waals surface area contributed by atoms with E-state index in [9.17, 15) is 4.79 Å². The van der Waals surface area contributed by atoms with E-state index in [4.69, 9.17) is 4.74 Å². The Bertz CT molecular complexity index is 1260. The number of anilines is 1. The first-order valence-corrected chi connectivity index (χ1v) is 11.3. The number of carbonyl (C=O) groups is 1. The second-order valence-corrected chi connectivity index (χ2v) is 8.70. The quantitative estimate of drug-likeness (QED) is 0.359. The van der Waals surface area contributed by atoms with Crippen LogP contribution in [0, 0.1) is 6.92 Å². The number of amides is 1. The summed E-state index contributed by atoms with van der Waals surface area (Å²) in [6.45, 7) is 4.61. The van der Waals surface area contributed by atoms with E-state index in [1.807, 2.05) is 91.5 Å². The monoisotopic (exact) mass is 487 g/mol. The average molecular weight is 488 g/mol. The maximum Gasteiger partial charge on any atom is 0.277 e. The summed E-state index contributed by atoms with van der Waals surface area (Å²) in [6, 6.07) is 23.7. The molecule has 0 saturated carbocycles. The molecule has 1 atom stereocenters. The molecule has 1 aromatic heterocycles. The van der Waals surface area contributed by atoms with Gasteiger partial charge < -0.3 is 4.74 Å². The maximum absolute atomic E-state index is 13.6. The Balaban J connectivity index is 1.67. The standard InChI is InChI=1S/C26H22BrN3O2/c1-3-32-21-14-8-18(9-15-21)25-22-23(17-6-10-19(27)11-7-17)28-29-24(22)26(31)30(25)20-12-4-16(2)5-13-20/h4-15,25H,3H2,1-2H3,(H,28,29)/t25-/m1/s1. The van der Waals surface area contributed by atoms with Gasteiger partial charge in [-0.1, -0.05) is 57.9 Å². The van der Waals surface area contributed by atoms with E-state index in [1.54, 1.807) is 0 Å². The molecule has 160 valence electrons. The molecule has 3 aromatic carbocycles. The van der Waals surface area contributed by atoms with Gasteiger partial charge in [0.25, 0.3) is 5.91 Å². The third-order valence-corrected chi connectivity index (χ3v) is 6.23. The van der Waals surface area contributed by atoms with Crippen molar-refractivity contribution in [2.75, 3.05) is 11.5 Å². The molecule has 0 radical (unpaired) electrons. The highest BCUT2D eigenvalue weighted by molar-refractivity contribution is 9.10. The van der Waals surface area contributed by atoms with Crippen LogP contribution in [0.5, 0.6) is 5.75 Å². The van der Waals surface area contributed by atoms with Crippen molar-refractivity contribution in [1.82, 2.24) is 10.2 Å². The maximum atomic E-state index is 13.6. The molecule has 0 bridgehead atoms. The summed E-state index contributed by atoms with van der Waals surface area (Å²) in [6.07, 6.45) is 0. The number of nitrogens with zero attached hydrogens (tertiary/aromatic N) is 2. The fourth-order valence-corrected chi connectivity index (χ4v) is 4.44. The van der Waals surface area contributed by atoms with Crippen LogP contribution in [0.3, 0.4) is 0 Å². The predicted octanol–water partition coefficient (Wildman–Crippen LogP) is 6.30. The van der Waals surface area contributed by atoms with Gasteiger partial charge in [0.05, 0.1) is 18.3 Å². The highest BCUT2D eigenvalue weighted by atomic mass is 79.9. The van der Waals surface area contributed by atoms with Crippen molar-refractivity contribution in [3.63, 3.8) is 0 Å². The molecule has 1 N–H and O–H groups in total. The van der Waals surface area contributed by atoms with Crippen LogP contribution in [0.2, 0.25) is 0 Å². The van der Waals surface area contributed by atoms with Crippen molar-refractivity contribution in [3.05, 3.63) is 99.7 Å². The number of rotatable bonds is 5. The minimum Gasteiger partial charge on any atom is -0.494 e. The number of benzene rings is 3. The van der Waals surface area contributed by atoms with Gasteiger partial charge in [-0.25, -0.2) is 0 Å². The molecule has 2 heterocycles. The number of hydrogen-bond acceptors (Lipinski definition) is 3. The van der Waals surface area contributed by atoms with E-state index in [0.29, 0.717) is 12.3 Å². The Hall–Kier alpha value is -3.38. The van der Waals surface area contributed by atoms with Crippen LogP contribution in [0.1, 0.15) is 40.1 Å². The molecule has 0 saturated heterocycles. The van der Waals surface area contributed by atoms with Crippen LogP contribution < -0.4 is 9.64 Å². The van der Waals surface area contributed by atoms with Crippen LogP contribution in [-0.2, 0) is 0 Å². The van der Waals surface area contributed by atoms with Crippen LogP contribution in [-0.4, -0.2) is 22.7 Å². The van der Waals surface area contributed by atoms with Crippen LogP contribution in [0.15, 0.2) is 77.3 Å². The molecule has 5 rings (SSSR count). The molecule has 0 unspecified atom stereocenters. The van der Waals surface area contributed by atoms with Crippen molar-refractivity contribution in [2.45, 2.75) is 19.9 Å². The van der Waals surface area contributed by atoms with Crippen molar-refractivity contribution in [2.24, 2.45) is 0 Å². The molecular weight excluding hydrogens is 466 g/mol. The number of hydrogen-bond donors (Lipinski definition) is 1. The first kappa shape index (κ1) is 20.5. The van der Waals surface area contributed by atoms with E-state index >= 15 is 0 Å². The van der Waals surface area contributed by atoms with Gasteiger partial charge in [-0.15, -0.1) is 0 Å². The molecule has 0 spiro atoms. The Morgan fingerprint density at radius 3 is 2.34 bits per heavy atom. The second-order valence-electron chi connectivity index (χ2n) is 7.78. The SMILES string of the molecule is CCOc1ccc([C@@H]2c3c(-c4ccc(Br)cc4)n[nH]c3C(=O)N2c2ccc(C)cc2)cc1. The summed E-state index contributed by atoms with van der Waals surface area (Å²) in [5.74, 6) is 0.724. The summed E-state index contributed by atoms with van der Waals surface area (Å²) >= 11 is 3.49. The van der Waals surface area contributed by atoms with E-state index in [2.05, 4.69) is 26.1 Å². The van der Waals surface area contributed by atoms with Gasteiger partial charge in [-0.05, 0) is 55.8 Å². The van der Waals surface area contributed by atoms with Crippen molar-refractivity contribution >= 4 is 27.5 Å². The van der Waals surface area contributed by atoms with Crippen LogP contribution in [0.4, 0.5) is 5.69 Å². The molecule has 6 heteroatoms. The largest absolute Gasteiger partial charge is 0.494 e. The molecule has 0 aliphatic carbocycles. The lowest BCUT2D eigenvalue weighted by Gasteiger charge is -2.26. The fraction of sp³-hybridized carbons (Fsp3) is 0.154. The molecule has 1 amide bonds. The van der Waals surface area contributed by atoms with E-state index < -0.39 is 0 Å². The normalized spacial score (nSPS) is 15.2. The zero-order chi connectivity index (χ0) is 22.2. The summed E-state index contributed by atoms with van der Waals surface area (Å²) in [5.41, 5.74) is 6.17. The Morgan fingerprint density at radius 1 is 1.00 bits per heavy atom. The Morgan fingerprint density at radius 2 is 1.69 bits per heavy atom. The van der Waals surface area contributed by atoms with Gasteiger partial charge in [0.15, 0.2) is 0 Å². The number of fused-ring (bicyclic) bond motifs is 1. The number of halogens is 1.